The number of benzene rings is 2. The van der Waals surface area contributed by atoms with Gasteiger partial charge in [0.05, 0.1) is 0 Å². The third-order valence-electron chi connectivity index (χ3n) is 3.12. The largest absolute Gasteiger partial charge is 0.489 e. The normalized spacial score (nSPS) is 10.4. The van der Waals surface area contributed by atoms with Crippen LogP contribution in [-0.2, 0) is 13.2 Å². The molecule has 0 saturated heterocycles. The first-order valence-electron chi connectivity index (χ1n) is 6.85. The Balaban J connectivity index is 1.51. The summed E-state index contributed by atoms with van der Waals surface area (Å²) in [6.45, 7) is 1.19. The molecule has 6 heteroatoms. The van der Waals surface area contributed by atoms with Crippen LogP contribution in [0.5, 0.6) is 5.75 Å². The SMILES string of the molecule is Clc1ccc(COc2ccc(CNc3ncn[nH]3)cc2)cc1. The van der Waals surface area contributed by atoms with E-state index in [1.165, 1.54) is 6.33 Å². The summed E-state index contributed by atoms with van der Waals surface area (Å²) in [5.41, 5.74) is 2.22. The number of hydrogen-bond acceptors (Lipinski definition) is 4. The van der Waals surface area contributed by atoms with Crippen molar-refractivity contribution < 1.29 is 4.74 Å². The van der Waals surface area contributed by atoms with Crippen LogP contribution in [0.2, 0.25) is 5.02 Å². The van der Waals surface area contributed by atoms with Crippen molar-refractivity contribution in [3.63, 3.8) is 0 Å². The van der Waals surface area contributed by atoms with E-state index in [2.05, 4.69) is 20.5 Å². The zero-order chi connectivity index (χ0) is 15.2. The van der Waals surface area contributed by atoms with Crippen molar-refractivity contribution in [2.75, 3.05) is 5.32 Å². The van der Waals surface area contributed by atoms with Crippen molar-refractivity contribution in [3.8, 4) is 5.75 Å². The van der Waals surface area contributed by atoms with Crippen molar-refractivity contribution in [2.45, 2.75) is 13.2 Å². The highest BCUT2D eigenvalue weighted by Gasteiger charge is 1.99. The molecule has 0 aliphatic carbocycles. The second-order valence-corrected chi connectivity index (χ2v) is 5.18. The van der Waals surface area contributed by atoms with Crippen LogP contribution in [0, 0.1) is 0 Å². The van der Waals surface area contributed by atoms with Crippen LogP contribution >= 0.6 is 11.6 Å². The minimum Gasteiger partial charge on any atom is -0.489 e. The van der Waals surface area contributed by atoms with Gasteiger partial charge in [-0.15, -0.1) is 0 Å². The van der Waals surface area contributed by atoms with Gasteiger partial charge in [0.25, 0.3) is 0 Å². The summed E-state index contributed by atoms with van der Waals surface area (Å²) < 4.78 is 5.75. The molecule has 3 aromatic rings. The molecule has 0 saturated carbocycles. The van der Waals surface area contributed by atoms with Crippen LogP contribution < -0.4 is 10.1 Å². The molecule has 112 valence electrons. The van der Waals surface area contributed by atoms with E-state index in [4.69, 9.17) is 16.3 Å². The van der Waals surface area contributed by atoms with E-state index in [0.29, 0.717) is 19.1 Å². The standard InChI is InChI=1S/C16H15ClN4O/c17-14-5-1-13(2-6-14)10-22-15-7-3-12(4-8-15)9-18-16-19-11-20-21-16/h1-8,11H,9-10H2,(H2,18,19,20,21). The summed E-state index contributed by atoms with van der Waals surface area (Å²) in [4.78, 5) is 4.01. The number of aromatic nitrogens is 3. The number of nitrogens with zero attached hydrogens (tertiary/aromatic N) is 2. The molecule has 0 radical (unpaired) electrons. The zero-order valence-electron chi connectivity index (χ0n) is 11.8. The Hall–Kier alpha value is -2.53. The Kier molecular flexibility index (Phi) is 4.56. The molecule has 5 nitrogen and oxygen atoms in total. The lowest BCUT2D eigenvalue weighted by Gasteiger charge is -2.08. The van der Waals surface area contributed by atoms with E-state index in [-0.39, 0.29) is 0 Å². The monoisotopic (exact) mass is 314 g/mol. The number of hydrogen-bond donors (Lipinski definition) is 2. The van der Waals surface area contributed by atoms with Crippen LogP contribution in [0.1, 0.15) is 11.1 Å². The van der Waals surface area contributed by atoms with Crippen LogP contribution in [0.3, 0.4) is 0 Å². The molecular weight excluding hydrogens is 300 g/mol. The number of anilines is 1. The molecule has 0 fully saturated rings. The quantitative estimate of drug-likeness (QED) is 0.729. The number of aromatic amines is 1. The number of rotatable bonds is 6. The van der Waals surface area contributed by atoms with Gasteiger partial charge in [0.1, 0.15) is 18.7 Å². The fourth-order valence-electron chi connectivity index (χ4n) is 1.93. The first-order chi connectivity index (χ1) is 10.8. The topological polar surface area (TPSA) is 62.8 Å². The second kappa shape index (κ2) is 6.95. The molecule has 3 rings (SSSR count). The fourth-order valence-corrected chi connectivity index (χ4v) is 2.05. The van der Waals surface area contributed by atoms with Crippen LogP contribution in [0.25, 0.3) is 0 Å². The predicted molar refractivity (Wildman–Crippen MR) is 85.9 cm³/mol. The zero-order valence-corrected chi connectivity index (χ0v) is 12.5. The summed E-state index contributed by atoms with van der Waals surface area (Å²) in [5, 5.41) is 10.4. The fraction of sp³-hybridized carbons (Fsp3) is 0.125. The summed E-state index contributed by atoms with van der Waals surface area (Å²) >= 11 is 5.86. The molecular formula is C16H15ClN4O. The Morgan fingerprint density at radius 1 is 1.00 bits per heavy atom. The third-order valence-corrected chi connectivity index (χ3v) is 3.37. The van der Waals surface area contributed by atoms with Gasteiger partial charge < -0.3 is 10.1 Å². The minimum atomic E-state index is 0.521. The van der Waals surface area contributed by atoms with Gasteiger partial charge in [0.2, 0.25) is 5.95 Å². The van der Waals surface area contributed by atoms with Gasteiger partial charge in [-0.25, -0.2) is 10.1 Å². The lowest BCUT2D eigenvalue weighted by Crippen LogP contribution is -2.01. The van der Waals surface area contributed by atoms with Crippen molar-refractivity contribution in [1.82, 2.24) is 15.2 Å². The van der Waals surface area contributed by atoms with Gasteiger partial charge in [-0.2, -0.15) is 5.10 Å². The molecule has 0 atom stereocenters. The maximum absolute atomic E-state index is 5.86. The number of H-pyrrole nitrogens is 1. The number of nitrogens with one attached hydrogen (secondary N) is 2. The smallest absolute Gasteiger partial charge is 0.218 e. The molecule has 0 amide bonds. The average Bonchev–Trinajstić information content (AvgIpc) is 3.07. The van der Waals surface area contributed by atoms with Gasteiger partial charge in [0.15, 0.2) is 0 Å². The van der Waals surface area contributed by atoms with Crippen LogP contribution in [-0.4, -0.2) is 15.2 Å². The minimum absolute atomic E-state index is 0.521. The van der Waals surface area contributed by atoms with Crippen molar-refractivity contribution in [3.05, 3.63) is 71.0 Å². The second-order valence-electron chi connectivity index (χ2n) is 4.75. The molecule has 0 unspecified atom stereocenters. The molecule has 0 bridgehead atoms. The maximum atomic E-state index is 5.86. The molecule has 1 heterocycles. The molecule has 0 aliphatic rings. The Bertz CT molecular complexity index is 696. The van der Waals surface area contributed by atoms with Crippen LogP contribution in [0.4, 0.5) is 5.95 Å². The highest BCUT2D eigenvalue weighted by molar-refractivity contribution is 6.30. The first kappa shape index (κ1) is 14.4. The third kappa shape index (κ3) is 3.99. The van der Waals surface area contributed by atoms with Gasteiger partial charge >= 0.3 is 0 Å². The van der Waals surface area contributed by atoms with Crippen molar-refractivity contribution in [1.29, 1.82) is 0 Å². The maximum Gasteiger partial charge on any atom is 0.218 e. The van der Waals surface area contributed by atoms with Gasteiger partial charge in [-0.05, 0) is 35.4 Å². The molecule has 0 aliphatic heterocycles. The molecule has 22 heavy (non-hydrogen) atoms. The van der Waals surface area contributed by atoms with Crippen molar-refractivity contribution in [2.24, 2.45) is 0 Å². The summed E-state index contributed by atoms with van der Waals surface area (Å²) in [6, 6.07) is 15.6. The number of ether oxygens (including phenoxy) is 1. The number of halogens is 1. The average molecular weight is 315 g/mol. The molecule has 0 spiro atoms. The molecule has 2 aromatic carbocycles. The van der Waals surface area contributed by atoms with E-state index in [9.17, 15) is 0 Å². The molecule has 2 N–H and O–H groups in total. The van der Waals surface area contributed by atoms with Crippen LogP contribution in [0.15, 0.2) is 54.9 Å². The van der Waals surface area contributed by atoms with E-state index in [0.717, 1.165) is 21.9 Å². The Morgan fingerprint density at radius 3 is 2.41 bits per heavy atom. The highest BCUT2D eigenvalue weighted by Crippen LogP contribution is 2.16. The van der Waals surface area contributed by atoms with E-state index in [1.807, 2.05) is 48.5 Å². The molecule has 1 aromatic heterocycles. The first-order valence-corrected chi connectivity index (χ1v) is 7.23. The van der Waals surface area contributed by atoms with Gasteiger partial charge in [-0.1, -0.05) is 35.9 Å². The van der Waals surface area contributed by atoms with E-state index < -0.39 is 0 Å². The Labute approximate surface area is 133 Å². The Morgan fingerprint density at radius 2 is 1.73 bits per heavy atom. The van der Waals surface area contributed by atoms with E-state index >= 15 is 0 Å². The van der Waals surface area contributed by atoms with Gasteiger partial charge in [-0.3, -0.25) is 0 Å². The lowest BCUT2D eigenvalue weighted by molar-refractivity contribution is 0.306. The summed E-state index contributed by atoms with van der Waals surface area (Å²) in [5.74, 6) is 1.49. The van der Waals surface area contributed by atoms with Crippen molar-refractivity contribution >= 4 is 17.5 Å². The summed E-state index contributed by atoms with van der Waals surface area (Å²) in [7, 11) is 0. The highest BCUT2D eigenvalue weighted by atomic mass is 35.5. The van der Waals surface area contributed by atoms with E-state index in [1.54, 1.807) is 0 Å². The predicted octanol–water partition coefficient (Wildman–Crippen LogP) is 3.65. The van der Waals surface area contributed by atoms with Gasteiger partial charge in [0, 0.05) is 11.6 Å². The lowest BCUT2D eigenvalue weighted by atomic mass is 10.2. The summed E-state index contributed by atoms with van der Waals surface area (Å²) in [6.07, 6.45) is 1.47.